The average Bonchev–Trinajstić information content (AvgIpc) is 3.23. The van der Waals surface area contributed by atoms with Crippen molar-refractivity contribution in [1.29, 1.82) is 0 Å². The SMILES string of the molecule is CN[C@H]1CC[C@H](C(=O)Nc2c(C(=O)Nc3ccc(Cl)cn3)oc3ccc(OCCOC)cc23)CC1.Cl.Cl. The summed E-state index contributed by atoms with van der Waals surface area (Å²) < 4.78 is 16.6. The third kappa shape index (κ3) is 7.72. The number of hydrogen-bond donors (Lipinski definition) is 3. The number of halogens is 3. The number of aromatic nitrogens is 1. The number of rotatable bonds is 9. The molecule has 37 heavy (non-hydrogen) atoms. The highest BCUT2D eigenvalue weighted by molar-refractivity contribution is 6.30. The Morgan fingerprint density at radius 3 is 2.49 bits per heavy atom. The summed E-state index contributed by atoms with van der Waals surface area (Å²) in [5, 5.41) is 9.97. The molecule has 2 heterocycles. The maximum absolute atomic E-state index is 13.2. The zero-order valence-electron chi connectivity index (χ0n) is 20.5. The highest BCUT2D eigenvalue weighted by atomic mass is 35.5. The van der Waals surface area contributed by atoms with Crippen molar-refractivity contribution in [2.24, 2.45) is 5.92 Å². The van der Waals surface area contributed by atoms with Gasteiger partial charge in [-0.15, -0.1) is 24.8 Å². The fourth-order valence-electron chi connectivity index (χ4n) is 4.19. The largest absolute Gasteiger partial charge is 0.491 e. The summed E-state index contributed by atoms with van der Waals surface area (Å²) in [4.78, 5) is 30.4. The van der Waals surface area contributed by atoms with Crippen LogP contribution >= 0.6 is 36.4 Å². The van der Waals surface area contributed by atoms with Crippen molar-refractivity contribution in [2.45, 2.75) is 31.7 Å². The van der Waals surface area contributed by atoms with Crippen LogP contribution in [0, 0.1) is 5.92 Å². The van der Waals surface area contributed by atoms with E-state index in [1.165, 1.54) is 6.20 Å². The molecule has 0 atom stereocenters. The van der Waals surface area contributed by atoms with Crippen LogP contribution in [0.1, 0.15) is 36.2 Å². The van der Waals surface area contributed by atoms with Gasteiger partial charge in [0.05, 0.1) is 11.6 Å². The number of carbonyl (C=O) groups is 2. The van der Waals surface area contributed by atoms with Crippen LogP contribution in [0.3, 0.4) is 0 Å². The number of amides is 2. The third-order valence-corrected chi connectivity index (χ3v) is 6.37. The van der Waals surface area contributed by atoms with Crippen LogP contribution < -0.4 is 20.7 Å². The maximum Gasteiger partial charge on any atom is 0.294 e. The second kappa shape index (κ2) is 14.4. The van der Waals surface area contributed by atoms with E-state index in [9.17, 15) is 9.59 Å². The highest BCUT2D eigenvalue weighted by Crippen LogP contribution is 2.35. The first-order valence-electron chi connectivity index (χ1n) is 11.6. The van der Waals surface area contributed by atoms with Crippen molar-refractivity contribution in [3.63, 3.8) is 0 Å². The van der Waals surface area contributed by atoms with Gasteiger partial charge >= 0.3 is 0 Å². The van der Waals surface area contributed by atoms with Crippen LogP contribution in [0.15, 0.2) is 40.9 Å². The minimum Gasteiger partial charge on any atom is -0.491 e. The Hall–Kier alpha value is -2.56. The number of furan rings is 1. The Labute approximate surface area is 232 Å². The second-order valence-electron chi connectivity index (χ2n) is 8.45. The number of benzene rings is 1. The van der Waals surface area contributed by atoms with Gasteiger partial charge in [0.1, 0.15) is 29.4 Å². The van der Waals surface area contributed by atoms with Gasteiger partial charge in [-0.2, -0.15) is 0 Å². The molecule has 4 rings (SSSR count). The topological polar surface area (TPSA) is 115 Å². The molecule has 1 aliphatic rings. The lowest BCUT2D eigenvalue weighted by Crippen LogP contribution is -2.34. The lowest BCUT2D eigenvalue weighted by molar-refractivity contribution is -0.120. The van der Waals surface area contributed by atoms with Gasteiger partial charge < -0.3 is 29.8 Å². The molecule has 1 fully saturated rings. The number of nitrogens with zero attached hydrogens (tertiary/aromatic N) is 1. The molecule has 2 amide bonds. The predicted molar refractivity (Wildman–Crippen MR) is 149 cm³/mol. The van der Waals surface area contributed by atoms with Crippen molar-refractivity contribution in [1.82, 2.24) is 10.3 Å². The van der Waals surface area contributed by atoms with Gasteiger partial charge in [-0.1, -0.05) is 11.6 Å². The number of pyridine rings is 1. The minimum atomic E-state index is -0.535. The van der Waals surface area contributed by atoms with Crippen molar-refractivity contribution >= 4 is 70.7 Å². The van der Waals surface area contributed by atoms with E-state index < -0.39 is 5.91 Å². The summed E-state index contributed by atoms with van der Waals surface area (Å²) in [6, 6.07) is 8.84. The molecule has 1 aliphatic carbocycles. The van der Waals surface area contributed by atoms with Crippen molar-refractivity contribution in [3.8, 4) is 5.75 Å². The van der Waals surface area contributed by atoms with Gasteiger partial charge in [-0.3, -0.25) is 9.59 Å². The van der Waals surface area contributed by atoms with Crippen molar-refractivity contribution in [2.75, 3.05) is 38.0 Å². The monoisotopic (exact) mass is 572 g/mol. The summed E-state index contributed by atoms with van der Waals surface area (Å²) in [7, 11) is 3.54. The fourth-order valence-corrected chi connectivity index (χ4v) is 4.30. The average molecular weight is 574 g/mol. The number of carbonyl (C=O) groups excluding carboxylic acids is 2. The van der Waals surface area contributed by atoms with Crippen molar-refractivity contribution < 1.29 is 23.5 Å². The van der Waals surface area contributed by atoms with Gasteiger partial charge in [-0.25, -0.2) is 4.98 Å². The summed E-state index contributed by atoms with van der Waals surface area (Å²) >= 11 is 5.89. The van der Waals surface area contributed by atoms with Gasteiger partial charge in [0.25, 0.3) is 5.91 Å². The number of fused-ring (bicyclic) bond motifs is 1. The molecule has 3 aromatic rings. The Morgan fingerprint density at radius 1 is 1.08 bits per heavy atom. The molecule has 0 saturated heterocycles. The number of methoxy groups -OCH3 is 1. The van der Waals surface area contributed by atoms with Gasteiger partial charge in [-0.05, 0) is 63.1 Å². The summed E-state index contributed by atoms with van der Waals surface area (Å²) in [5.74, 6) is 0.0686. The summed E-state index contributed by atoms with van der Waals surface area (Å²) in [5.41, 5.74) is 0.761. The van der Waals surface area contributed by atoms with Crippen LogP contribution in [0.25, 0.3) is 11.0 Å². The standard InChI is InChI=1S/C25H29ClN4O5.2ClH/c1-27-17-6-3-15(4-7-17)24(31)30-22-19-13-18(34-12-11-33-2)8-9-20(19)35-23(22)25(32)29-21-10-5-16(26)14-28-21;;/h5,8-10,13-15,17,27H,3-4,6-7,11-12H2,1-2H3,(H,30,31)(H,28,29,32);2*1H/t15-,17-;;. The molecular weight excluding hydrogens is 543 g/mol. The van der Waals surface area contributed by atoms with Crippen LogP contribution in [0.4, 0.5) is 11.5 Å². The molecule has 1 aromatic carbocycles. The molecule has 0 aliphatic heterocycles. The molecule has 0 bridgehead atoms. The van der Waals surface area contributed by atoms with E-state index in [4.69, 9.17) is 25.5 Å². The number of nitrogens with one attached hydrogen (secondary N) is 3. The fraction of sp³-hybridized carbons (Fsp3) is 0.400. The molecule has 0 radical (unpaired) electrons. The summed E-state index contributed by atoms with van der Waals surface area (Å²) in [6.45, 7) is 0.801. The molecule has 202 valence electrons. The number of hydrogen-bond acceptors (Lipinski definition) is 7. The van der Waals surface area contributed by atoms with Crippen LogP contribution in [-0.2, 0) is 9.53 Å². The smallest absolute Gasteiger partial charge is 0.294 e. The molecular formula is C25H31Cl3N4O5. The summed E-state index contributed by atoms with van der Waals surface area (Å²) in [6.07, 6.45) is 4.83. The van der Waals surface area contributed by atoms with E-state index in [-0.39, 0.29) is 42.4 Å². The second-order valence-corrected chi connectivity index (χ2v) is 8.88. The van der Waals surface area contributed by atoms with Crippen molar-refractivity contribution in [3.05, 3.63) is 47.3 Å². The van der Waals surface area contributed by atoms with Crippen LogP contribution in [0.5, 0.6) is 5.75 Å². The van der Waals surface area contributed by atoms with E-state index in [1.54, 1.807) is 37.4 Å². The van der Waals surface area contributed by atoms with Gasteiger partial charge in [0, 0.05) is 30.7 Å². The van der Waals surface area contributed by atoms with Gasteiger partial charge in [0.2, 0.25) is 11.7 Å². The van der Waals surface area contributed by atoms with E-state index in [0.717, 1.165) is 25.7 Å². The van der Waals surface area contributed by atoms with Crippen LogP contribution in [-0.4, -0.2) is 50.2 Å². The van der Waals surface area contributed by atoms with E-state index in [2.05, 4.69) is 20.9 Å². The lowest BCUT2D eigenvalue weighted by atomic mass is 9.85. The number of ether oxygens (including phenoxy) is 2. The molecule has 1 saturated carbocycles. The molecule has 2 aromatic heterocycles. The zero-order valence-corrected chi connectivity index (χ0v) is 22.9. The quantitative estimate of drug-likeness (QED) is 0.297. The Kier molecular flexibility index (Phi) is 11.9. The normalized spacial score (nSPS) is 16.8. The number of anilines is 2. The maximum atomic E-state index is 13.2. The molecule has 12 heteroatoms. The Balaban J connectivity index is 0.00000241. The zero-order chi connectivity index (χ0) is 24.8. The van der Waals surface area contributed by atoms with E-state index in [1.807, 2.05) is 7.05 Å². The van der Waals surface area contributed by atoms with Gasteiger partial charge in [0.15, 0.2) is 0 Å². The molecule has 3 N–H and O–H groups in total. The first kappa shape index (κ1) is 30.7. The molecule has 0 spiro atoms. The predicted octanol–water partition coefficient (Wildman–Crippen LogP) is 5.32. The highest BCUT2D eigenvalue weighted by Gasteiger charge is 2.29. The first-order valence-corrected chi connectivity index (χ1v) is 12.0. The molecule has 9 nitrogen and oxygen atoms in total. The first-order chi connectivity index (χ1) is 17.0. The van der Waals surface area contributed by atoms with E-state index in [0.29, 0.717) is 52.5 Å². The Morgan fingerprint density at radius 2 is 1.84 bits per heavy atom. The van der Waals surface area contributed by atoms with E-state index >= 15 is 0 Å². The third-order valence-electron chi connectivity index (χ3n) is 6.15. The van der Waals surface area contributed by atoms with Crippen LogP contribution in [0.2, 0.25) is 5.02 Å². The lowest BCUT2D eigenvalue weighted by Gasteiger charge is -2.27. The molecule has 0 unspecified atom stereocenters. The Bertz CT molecular complexity index is 1180. The minimum absolute atomic E-state index is 0.